The van der Waals surface area contributed by atoms with Crippen molar-refractivity contribution in [1.82, 2.24) is 4.98 Å². The third-order valence-electron chi connectivity index (χ3n) is 1.42. The van der Waals surface area contributed by atoms with Crippen LogP contribution in [0.25, 0.3) is 0 Å². The fourth-order valence-electron chi connectivity index (χ4n) is 0.810. The molecule has 0 aliphatic carbocycles. The summed E-state index contributed by atoms with van der Waals surface area (Å²) >= 11 is 6.81. The van der Waals surface area contributed by atoms with Crippen LogP contribution in [0.1, 0.15) is 12.5 Å². The molecule has 0 radical (unpaired) electrons. The van der Waals surface area contributed by atoms with Gasteiger partial charge in [0.1, 0.15) is 0 Å². The van der Waals surface area contributed by atoms with Crippen molar-refractivity contribution < 1.29 is 0 Å². The third kappa shape index (κ3) is 3.15. The summed E-state index contributed by atoms with van der Waals surface area (Å²) in [7, 11) is 0. The van der Waals surface area contributed by atoms with E-state index < -0.39 is 0 Å². The first kappa shape index (κ1) is 10.8. The van der Waals surface area contributed by atoms with E-state index in [0.717, 1.165) is 21.1 Å². The molecule has 3 nitrogen and oxygen atoms in total. The van der Waals surface area contributed by atoms with Crippen LogP contribution >= 0.6 is 31.9 Å². The van der Waals surface area contributed by atoms with Crippen molar-refractivity contribution in [2.45, 2.75) is 13.5 Å². The molecule has 0 aliphatic rings. The molecule has 1 aromatic rings. The van der Waals surface area contributed by atoms with Gasteiger partial charge in [-0.1, -0.05) is 0 Å². The molecule has 0 saturated carbocycles. The van der Waals surface area contributed by atoms with E-state index in [4.69, 9.17) is 0 Å². The van der Waals surface area contributed by atoms with Crippen LogP contribution in [-0.2, 0) is 6.54 Å². The maximum Gasteiger partial charge on any atom is 0.0872 e. The fourth-order valence-corrected chi connectivity index (χ4v) is 1.99. The molecule has 0 aromatic carbocycles. The van der Waals surface area contributed by atoms with Gasteiger partial charge in [0.25, 0.3) is 0 Å². The van der Waals surface area contributed by atoms with E-state index in [2.05, 4.69) is 47.1 Å². The summed E-state index contributed by atoms with van der Waals surface area (Å²) in [5.74, 6) is 0. The average Bonchev–Trinajstić information content (AvgIpc) is 2.10. The Balaban J connectivity index is 2.81. The number of azo groups is 1. The quantitative estimate of drug-likeness (QED) is 0.787. The first-order chi connectivity index (χ1) is 6.25. The summed E-state index contributed by atoms with van der Waals surface area (Å²) in [5, 5.41) is 7.93. The maximum atomic E-state index is 4.02. The Morgan fingerprint density at radius 2 is 1.85 bits per heavy atom. The van der Waals surface area contributed by atoms with Crippen LogP contribution in [0.4, 0.5) is 0 Å². The molecule has 0 N–H and O–H groups in total. The number of hydrogen-bond acceptors (Lipinski definition) is 3. The van der Waals surface area contributed by atoms with Gasteiger partial charge >= 0.3 is 0 Å². The lowest BCUT2D eigenvalue weighted by Crippen LogP contribution is -1.87. The number of nitrogens with zero attached hydrogens (tertiary/aromatic N) is 3. The van der Waals surface area contributed by atoms with Crippen molar-refractivity contribution >= 4 is 31.9 Å². The second-order valence-electron chi connectivity index (χ2n) is 2.34. The molecule has 70 valence electrons. The van der Waals surface area contributed by atoms with Crippen molar-refractivity contribution in [3.05, 3.63) is 26.9 Å². The van der Waals surface area contributed by atoms with Gasteiger partial charge in [-0.25, -0.2) is 0 Å². The minimum atomic E-state index is 0.581. The summed E-state index contributed by atoms with van der Waals surface area (Å²) < 4.78 is 1.91. The number of aromatic nitrogens is 1. The molecular formula is C8H9Br2N3. The van der Waals surface area contributed by atoms with Crippen LogP contribution in [0.15, 0.2) is 31.6 Å². The van der Waals surface area contributed by atoms with Gasteiger partial charge in [0, 0.05) is 26.9 Å². The summed E-state index contributed by atoms with van der Waals surface area (Å²) in [5.41, 5.74) is 1.08. The van der Waals surface area contributed by atoms with E-state index in [9.17, 15) is 0 Å². The van der Waals surface area contributed by atoms with Crippen LogP contribution in [0.5, 0.6) is 0 Å². The molecule has 5 heteroatoms. The third-order valence-corrected chi connectivity index (χ3v) is 2.79. The van der Waals surface area contributed by atoms with Crippen LogP contribution < -0.4 is 0 Å². The summed E-state index contributed by atoms with van der Waals surface area (Å²) in [6.07, 6.45) is 3.50. The monoisotopic (exact) mass is 305 g/mol. The predicted octanol–water partition coefficient (Wildman–Crippen LogP) is 3.58. The standard InChI is InChI=1S/C8H9Br2N3/c1-2-12-13-3-6-7(9)4-11-5-8(6)10/h4-5H,2-3H2,1H3. The molecule has 1 aromatic heterocycles. The Morgan fingerprint density at radius 1 is 1.23 bits per heavy atom. The van der Waals surface area contributed by atoms with E-state index in [-0.39, 0.29) is 0 Å². The normalized spacial score (nSPS) is 11.0. The SMILES string of the molecule is CCN=NCc1c(Br)cncc1Br. The molecule has 0 bridgehead atoms. The zero-order valence-corrected chi connectivity index (χ0v) is 10.3. The molecule has 0 atom stereocenters. The Labute approximate surface area is 93.9 Å². The summed E-state index contributed by atoms with van der Waals surface area (Å²) in [4.78, 5) is 4.01. The van der Waals surface area contributed by atoms with Crippen LogP contribution in [0.3, 0.4) is 0 Å². The molecule has 13 heavy (non-hydrogen) atoms. The smallest absolute Gasteiger partial charge is 0.0872 e. The van der Waals surface area contributed by atoms with Crippen molar-refractivity contribution in [3.63, 3.8) is 0 Å². The highest BCUT2D eigenvalue weighted by molar-refractivity contribution is 9.11. The zero-order chi connectivity index (χ0) is 9.68. The zero-order valence-electron chi connectivity index (χ0n) is 7.17. The van der Waals surface area contributed by atoms with Gasteiger partial charge in [-0.2, -0.15) is 10.2 Å². The Bertz CT molecular complexity index is 292. The first-order valence-corrected chi connectivity index (χ1v) is 5.45. The molecule has 0 fully saturated rings. The highest BCUT2D eigenvalue weighted by Crippen LogP contribution is 2.24. The van der Waals surface area contributed by atoms with Gasteiger partial charge in [-0.05, 0) is 38.8 Å². The minimum Gasteiger partial charge on any atom is -0.262 e. The Hall–Kier alpha value is -0.290. The van der Waals surface area contributed by atoms with E-state index in [1.165, 1.54) is 0 Å². The van der Waals surface area contributed by atoms with Crippen LogP contribution in [0.2, 0.25) is 0 Å². The van der Waals surface area contributed by atoms with E-state index in [0.29, 0.717) is 6.54 Å². The number of hydrogen-bond donors (Lipinski definition) is 0. The average molecular weight is 307 g/mol. The highest BCUT2D eigenvalue weighted by Gasteiger charge is 2.03. The Morgan fingerprint density at radius 3 is 2.38 bits per heavy atom. The molecule has 0 aliphatic heterocycles. The molecule has 1 heterocycles. The first-order valence-electron chi connectivity index (χ1n) is 3.86. The van der Waals surface area contributed by atoms with Gasteiger partial charge in [-0.3, -0.25) is 4.98 Å². The van der Waals surface area contributed by atoms with E-state index >= 15 is 0 Å². The second kappa shape index (κ2) is 5.44. The summed E-state index contributed by atoms with van der Waals surface area (Å²) in [6, 6.07) is 0. The van der Waals surface area contributed by atoms with E-state index in [1.807, 2.05) is 6.92 Å². The van der Waals surface area contributed by atoms with E-state index in [1.54, 1.807) is 12.4 Å². The van der Waals surface area contributed by atoms with Crippen molar-refractivity contribution in [1.29, 1.82) is 0 Å². The van der Waals surface area contributed by atoms with Gasteiger partial charge in [0.15, 0.2) is 0 Å². The van der Waals surface area contributed by atoms with Gasteiger partial charge in [0.2, 0.25) is 0 Å². The predicted molar refractivity (Wildman–Crippen MR) is 58.7 cm³/mol. The lowest BCUT2D eigenvalue weighted by molar-refractivity contribution is 0.867. The fraction of sp³-hybridized carbons (Fsp3) is 0.375. The van der Waals surface area contributed by atoms with Gasteiger partial charge in [-0.15, -0.1) is 0 Å². The van der Waals surface area contributed by atoms with Crippen molar-refractivity contribution in [2.75, 3.05) is 6.54 Å². The van der Waals surface area contributed by atoms with Gasteiger partial charge in [0.05, 0.1) is 13.1 Å². The lowest BCUT2D eigenvalue weighted by Gasteiger charge is -2.01. The topological polar surface area (TPSA) is 37.6 Å². The summed E-state index contributed by atoms with van der Waals surface area (Å²) in [6.45, 7) is 3.26. The maximum absolute atomic E-state index is 4.02. The Kier molecular flexibility index (Phi) is 4.52. The number of halogens is 2. The molecular weight excluding hydrogens is 298 g/mol. The molecule has 0 amide bonds. The molecule has 0 spiro atoms. The largest absolute Gasteiger partial charge is 0.262 e. The van der Waals surface area contributed by atoms with Crippen LogP contribution in [-0.4, -0.2) is 11.5 Å². The lowest BCUT2D eigenvalue weighted by atomic mass is 10.3. The second-order valence-corrected chi connectivity index (χ2v) is 4.05. The molecule has 0 unspecified atom stereocenters. The van der Waals surface area contributed by atoms with Crippen molar-refractivity contribution in [3.8, 4) is 0 Å². The highest BCUT2D eigenvalue weighted by atomic mass is 79.9. The van der Waals surface area contributed by atoms with Crippen molar-refractivity contribution in [2.24, 2.45) is 10.2 Å². The number of rotatable bonds is 3. The van der Waals surface area contributed by atoms with Gasteiger partial charge < -0.3 is 0 Å². The molecule has 0 saturated heterocycles. The number of pyridine rings is 1. The minimum absolute atomic E-state index is 0.581. The molecule has 1 rings (SSSR count). The van der Waals surface area contributed by atoms with Crippen LogP contribution in [0, 0.1) is 0 Å².